The largest absolute Gasteiger partial charge is 0.497 e. The molecule has 0 bridgehead atoms. The van der Waals surface area contributed by atoms with Crippen LogP contribution in [0, 0.1) is 18.3 Å². The molecular weight excluding hydrogens is 1040 g/mol. The van der Waals surface area contributed by atoms with Crippen LogP contribution in [-0.2, 0) is 38.2 Å². The Morgan fingerprint density at radius 1 is 0.883 bits per heavy atom. The smallest absolute Gasteiger partial charge is 0.333 e. The van der Waals surface area contributed by atoms with Gasteiger partial charge in [-0.15, -0.1) is 0 Å². The molecule has 23 nitrogen and oxygen atoms in total. The molecule has 2 saturated heterocycles. The van der Waals surface area contributed by atoms with Gasteiger partial charge >= 0.3 is 14.3 Å². The van der Waals surface area contributed by atoms with Gasteiger partial charge in [-0.1, -0.05) is 54.6 Å². The number of aliphatic hydroxyl groups excluding tert-OH is 1. The summed E-state index contributed by atoms with van der Waals surface area (Å²) in [6.07, 6.45) is -3.12. The molecule has 0 spiro atoms. The highest BCUT2D eigenvalue weighted by Crippen LogP contribution is 2.48. The molecule has 5 N–H and O–H groups in total. The van der Waals surface area contributed by atoms with Crippen molar-refractivity contribution >= 4 is 48.9 Å². The number of carbonyl (C=O) groups excluding carboxylic acids is 2. The molecule has 7 atom stereocenters. The van der Waals surface area contributed by atoms with Gasteiger partial charge in [-0.2, -0.15) is 21.6 Å². The molecule has 3 aromatic carbocycles. The molecule has 9 rings (SSSR count). The third-order valence-corrected chi connectivity index (χ3v) is 14.8. The number of ether oxygens (including phenoxy) is 5. The summed E-state index contributed by atoms with van der Waals surface area (Å²) in [5.74, 6) is 0.222. The van der Waals surface area contributed by atoms with Gasteiger partial charge < -0.3 is 47.7 Å². The van der Waals surface area contributed by atoms with E-state index in [-0.39, 0.29) is 80.6 Å². The van der Waals surface area contributed by atoms with Crippen molar-refractivity contribution in [1.82, 2.24) is 34.4 Å². The Morgan fingerprint density at radius 3 is 2.25 bits per heavy atom. The molecular formula is C52H54N9O14PS. The maximum atomic E-state index is 13.5. The zero-order valence-electron chi connectivity index (χ0n) is 41.9. The minimum atomic E-state index is -2.35. The first-order chi connectivity index (χ1) is 37.4. The van der Waals surface area contributed by atoms with E-state index in [1.807, 2.05) is 78.9 Å². The van der Waals surface area contributed by atoms with Gasteiger partial charge in [0.1, 0.15) is 41.8 Å². The van der Waals surface area contributed by atoms with E-state index in [1.54, 1.807) is 38.0 Å². The quantitative estimate of drug-likeness (QED) is 0.0308. The van der Waals surface area contributed by atoms with Crippen molar-refractivity contribution in [1.29, 1.82) is 5.26 Å². The lowest BCUT2D eigenvalue weighted by atomic mass is 9.80. The number of rotatable bonds is 23. The van der Waals surface area contributed by atoms with Crippen molar-refractivity contribution in [2.24, 2.45) is 0 Å². The van der Waals surface area contributed by atoms with Crippen LogP contribution in [-0.4, -0.2) is 111 Å². The monoisotopic (exact) mass is 1090 g/mol. The topological polar surface area (TPSA) is 294 Å². The van der Waals surface area contributed by atoms with Gasteiger partial charge in [0.2, 0.25) is 11.9 Å². The lowest BCUT2D eigenvalue weighted by Crippen LogP contribution is -2.38. The molecule has 2 fully saturated rings. The zero-order valence-corrected chi connectivity index (χ0v) is 43.6. The van der Waals surface area contributed by atoms with Crippen LogP contribution in [0.2, 0.25) is 0 Å². The van der Waals surface area contributed by atoms with E-state index in [0.717, 1.165) is 16.7 Å². The lowest BCUT2D eigenvalue weighted by Gasteiger charge is -2.37. The van der Waals surface area contributed by atoms with E-state index >= 15 is 0 Å². The minimum absolute atomic E-state index is 0.00585. The molecule has 7 aromatic rings. The third-order valence-electron chi connectivity index (χ3n) is 12.9. The standard InChI is InChI=1S/C52H54N9O14PS/c1-31-26-60(51(67)59-47(31)64)43-24-38(62)40(73-43)28-72-76(71-22-7-20-53)75-39-25-44(61-30-55-45-46(61)57-50(58-49(45)66)56-42(63)18-21-54-48(65)32-19-23-77-29-32)74-41(39)27-70-52(33-8-5-4-6-9-33,34-10-14-36(68-2)15-11-34)35-12-16-37(69-3)17-13-35/h4-6,8-17,19,23,26,29-30,38-41,43-44,62H,7,18,21-22,24-25,27-28H2,1-3H3,(H,54,65)(H,59,64,67)(H2,56,57,58,63,66). The second-order valence-corrected chi connectivity index (χ2v) is 19.8. The molecule has 0 aliphatic carbocycles. The number of aromatic amines is 2. The first-order valence-electron chi connectivity index (χ1n) is 24.3. The number of amides is 2. The van der Waals surface area contributed by atoms with Gasteiger partial charge in [-0.3, -0.25) is 43.6 Å². The number of H-pyrrole nitrogens is 2. The summed E-state index contributed by atoms with van der Waals surface area (Å²) in [6, 6.07) is 28.3. The SMILES string of the molecule is COc1ccc(C(OCC2OC(n3cnc4c(=O)[nH]c(NC(=O)CCNC(=O)c5ccsc5)nc43)CC2OP(OCCC#N)OCC2OC(n3cc(C)c(=O)[nH]c3=O)CC2O)(c2ccccc2)c2ccc(OC)cc2)cc1. The van der Waals surface area contributed by atoms with Gasteiger partial charge in [0.25, 0.3) is 17.0 Å². The number of thiophene rings is 1. The van der Waals surface area contributed by atoms with Crippen molar-refractivity contribution in [3.05, 3.63) is 167 Å². The molecule has 2 aliphatic heterocycles. The number of imidazole rings is 1. The summed E-state index contributed by atoms with van der Waals surface area (Å²) < 4.78 is 53.1. The van der Waals surface area contributed by atoms with Crippen LogP contribution in [0.1, 0.15) is 70.8 Å². The summed E-state index contributed by atoms with van der Waals surface area (Å²) in [7, 11) is 0.808. The number of hydrogen-bond donors (Lipinski definition) is 5. The fraction of sp³-hybridized carbons (Fsp3) is 0.346. The molecule has 7 unspecified atom stereocenters. The number of benzene rings is 3. The number of fused-ring (bicyclic) bond motifs is 1. The minimum Gasteiger partial charge on any atom is -0.497 e. The predicted molar refractivity (Wildman–Crippen MR) is 279 cm³/mol. The van der Waals surface area contributed by atoms with Gasteiger partial charge in [0.15, 0.2) is 11.2 Å². The fourth-order valence-electron chi connectivity index (χ4n) is 8.93. The van der Waals surface area contributed by atoms with Gasteiger partial charge in [0.05, 0.1) is 65.1 Å². The molecule has 0 radical (unpaired) electrons. The number of aliphatic hydroxyl groups is 1. The zero-order chi connectivity index (χ0) is 54.1. The second-order valence-electron chi connectivity index (χ2n) is 17.8. The Morgan fingerprint density at radius 2 is 1.57 bits per heavy atom. The Kier molecular flexibility index (Phi) is 17.4. The number of nitrogens with one attached hydrogen (secondary N) is 4. The first kappa shape index (κ1) is 54.4. The Hall–Kier alpha value is -7.43. The van der Waals surface area contributed by atoms with E-state index in [2.05, 4.69) is 36.6 Å². The molecule has 25 heteroatoms. The van der Waals surface area contributed by atoms with Crippen LogP contribution in [0.15, 0.2) is 123 Å². The highest BCUT2D eigenvalue weighted by molar-refractivity contribution is 7.41. The van der Waals surface area contributed by atoms with Crippen LogP contribution < -0.4 is 36.9 Å². The average molecular weight is 1090 g/mol. The maximum Gasteiger partial charge on any atom is 0.333 e. The third kappa shape index (κ3) is 12.4. The van der Waals surface area contributed by atoms with Crippen molar-refractivity contribution < 1.29 is 52.0 Å². The molecule has 6 heterocycles. The normalized spacial score (nSPS) is 19.7. The van der Waals surface area contributed by atoms with Crippen molar-refractivity contribution in [3.63, 3.8) is 0 Å². The number of nitrogens with zero attached hydrogens (tertiary/aromatic N) is 5. The molecule has 4 aromatic heterocycles. The van der Waals surface area contributed by atoms with Crippen molar-refractivity contribution in [3.8, 4) is 17.6 Å². The lowest BCUT2D eigenvalue weighted by molar-refractivity contribution is -0.116. The Labute approximate surface area is 444 Å². The molecule has 2 amide bonds. The summed E-state index contributed by atoms with van der Waals surface area (Å²) in [5, 5.41) is 29.4. The Bertz CT molecular complexity index is 3320. The van der Waals surface area contributed by atoms with Gasteiger partial charge in [0, 0.05) is 48.5 Å². The molecule has 402 valence electrons. The first-order valence-corrected chi connectivity index (χ1v) is 26.4. The highest BCUT2D eigenvalue weighted by Gasteiger charge is 2.45. The molecule has 2 aliphatic rings. The van der Waals surface area contributed by atoms with E-state index in [0.29, 0.717) is 17.1 Å². The second kappa shape index (κ2) is 24.7. The highest BCUT2D eigenvalue weighted by atomic mass is 32.1. The van der Waals surface area contributed by atoms with Crippen LogP contribution in [0.5, 0.6) is 11.5 Å². The summed E-state index contributed by atoms with van der Waals surface area (Å²) >= 11 is 1.37. The van der Waals surface area contributed by atoms with Crippen molar-refractivity contribution in [2.45, 2.75) is 75.1 Å². The summed E-state index contributed by atoms with van der Waals surface area (Å²) in [6.45, 7) is 1.05. The summed E-state index contributed by atoms with van der Waals surface area (Å²) in [5.41, 5.74) is -0.177. The summed E-state index contributed by atoms with van der Waals surface area (Å²) in [4.78, 5) is 77.6. The van der Waals surface area contributed by atoms with E-state index in [1.165, 1.54) is 33.0 Å². The number of aromatic nitrogens is 6. The molecule has 0 saturated carbocycles. The van der Waals surface area contributed by atoms with Crippen LogP contribution in [0.25, 0.3) is 11.2 Å². The van der Waals surface area contributed by atoms with Crippen LogP contribution >= 0.6 is 19.9 Å². The maximum absolute atomic E-state index is 13.5. The fourth-order valence-corrected chi connectivity index (χ4v) is 10.7. The van der Waals surface area contributed by atoms with Crippen LogP contribution in [0.4, 0.5) is 5.95 Å². The number of anilines is 1. The molecule has 77 heavy (non-hydrogen) atoms. The van der Waals surface area contributed by atoms with Gasteiger partial charge in [-0.25, -0.2) is 9.78 Å². The van der Waals surface area contributed by atoms with E-state index in [9.17, 15) is 34.3 Å². The number of aryl methyl sites for hydroxylation is 1. The van der Waals surface area contributed by atoms with Gasteiger partial charge in [-0.05, 0) is 59.3 Å². The number of methoxy groups -OCH3 is 2. The Balaban J connectivity index is 1.02. The average Bonchev–Trinajstić information content (AvgIpc) is 4.30. The predicted octanol–water partition coefficient (Wildman–Crippen LogP) is 5.32. The van der Waals surface area contributed by atoms with E-state index in [4.69, 9.17) is 37.3 Å². The van der Waals surface area contributed by atoms with E-state index < -0.39 is 73.8 Å². The van der Waals surface area contributed by atoms with Crippen molar-refractivity contribution in [2.75, 3.05) is 45.9 Å². The number of nitriles is 1. The van der Waals surface area contributed by atoms with Crippen LogP contribution in [0.3, 0.4) is 0 Å². The number of hydrogen-bond acceptors (Lipinski definition) is 18. The number of carbonyl (C=O) groups is 2.